The molecule has 0 aliphatic rings. The van der Waals surface area contributed by atoms with Crippen molar-refractivity contribution in [3.63, 3.8) is 0 Å². The molecule has 0 saturated carbocycles. The van der Waals surface area contributed by atoms with E-state index in [0.29, 0.717) is 17.8 Å². The van der Waals surface area contributed by atoms with Crippen molar-refractivity contribution in [3.05, 3.63) is 18.2 Å². The highest BCUT2D eigenvalue weighted by molar-refractivity contribution is 7.80. The van der Waals surface area contributed by atoms with Crippen molar-refractivity contribution < 1.29 is 14.3 Å². The fourth-order valence-corrected chi connectivity index (χ4v) is 1.09. The Morgan fingerprint density at radius 2 is 2.23 bits per heavy atom. The first kappa shape index (κ1) is 9.92. The van der Waals surface area contributed by atoms with Crippen molar-refractivity contribution in [3.8, 4) is 11.5 Å². The lowest BCUT2D eigenvalue weighted by Gasteiger charge is -2.08. The monoisotopic (exact) mass is 198 g/mol. The maximum absolute atomic E-state index is 10.1. The van der Waals surface area contributed by atoms with Crippen molar-refractivity contribution in [1.29, 1.82) is 0 Å². The summed E-state index contributed by atoms with van der Waals surface area (Å²) in [6, 6.07) is 5.21. The minimum absolute atomic E-state index is 0.0300. The number of aldehydes is 1. The topological polar surface area (TPSA) is 35.5 Å². The molecule has 0 bridgehead atoms. The minimum atomic E-state index is 0.0300. The lowest BCUT2D eigenvalue weighted by molar-refractivity contribution is -0.109. The molecule has 0 aromatic heterocycles. The number of carbonyl (C=O) groups is 1. The first-order chi connectivity index (χ1) is 6.27. The molecule has 0 N–H and O–H groups in total. The standard InChI is InChI=1S/C9H10O3S/c1-11-9-6-7(13)2-3-8(9)12-5-4-10/h2-4,6,13H,5H2,1H3. The second-order valence-corrected chi connectivity index (χ2v) is 2.83. The van der Waals surface area contributed by atoms with E-state index in [1.165, 1.54) is 7.11 Å². The van der Waals surface area contributed by atoms with E-state index in [1.807, 2.05) is 0 Å². The summed E-state index contributed by atoms with van der Waals surface area (Å²) in [6.07, 6.45) is 0.689. The smallest absolute Gasteiger partial charge is 0.161 e. The number of rotatable bonds is 4. The number of benzene rings is 1. The first-order valence-electron chi connectivity index (χ1n) is 3.71. The Morgan fingerprint density at radius 3 is 2.85 bits per heavy atom. The molecule has 1 rings (SSSR count). The maximum atomic E-state index is 10.1. The molecule has 13 heavy (non-hydrogen) atoms. The van der Waals surface area contributed by atoms with Gasteiger partial charge in [-0.1, -0.05) is 0 Å². The number of carbonyl (C=O) groups excluding carboxylic acids is 1. The van der Waals surface area contributed by atoms with Gasteiger partial charge in [-0.25, -0.2) is 0 Å². The summed E-state index contributed by atoms with van der Waals surface area (Å²) >= 11 is 4.14. The van der Waals surface area contributed by atoms with Crippen LogP contribution in [0.5, 0.6) is 11.5 Å². The number of ether oxygens (including phenoxy) is 2. The van der Waals surface area contributed by atoms with Crippen LogP contribution >= 0.6 is 12.6 Å². The fraction of sp³-hybridized carbons (Fsp3) is 0.222. The number of hydrogen-bond donors (Lipinski definition) is 1. The van der Waals surface area contributed by atoms with Crippen molar-refractivity contribution in [2.24, 2.45) is 0 Å². The average molecular weight is 198 g/mol. The molecular formula is C9H10O3S. The van der Waals surface area contributed by atoms with E-state index in [-0.39, 0.29) is 6.61 Å². The molecular weight excluding hydrogens is 188 g/mol. The van der Waals surface area contributed by atoms with Gasteiger partial charge < -0.3 is 9.47 Å². The normalized spacial score (nSPS) is 9.38. The zero-order chi connectivity index (χ0) is 9.68. The van der Waals surface area contributed by atoms with Gasteiger partial charge in [0.15, 0.2) is 17.8 Å². The summed E-state index contributed by atoms with van der Waals surface area (Å²) in [5.41, 5.74) is 0. The second-order valence-electron chi connectivity index (χ2n) is 2.31. The van der Waals surface area contributed by atoms with E-state index in [4.69, 9.17) is 9.47 Å². The van der Waals surface area contributed by atoms with Gasteiger partial charge in [-0.05, 0) is 18.2 Å². The molecule has 0 fully saturated rings. The summed E-state index contributed by atoms with van der Waals surface area (Å²) in [6.45, 7) is 0.0300. The average Bonchev–Trinajstić information content (AvgIpc) is 2.16. The van der Waals surface area contributed by atoms with Crippen LogP contribution in [0.1, 0.15) is 0 Å². The first-order valence-corrected chi connectivity index (χ1v) is 4.16. The highest BCUT2D eigenvalue weighted by atomic mass is 32.1. The molecule has 0 aliphatic heterocycles. The summed E-state index contributed by atoms with van der Waals surface area (Å²) in [4.78, 5) is 10.9. The van der Waals surface area contributed by atoms with Gasteiger partial charge in [0.2, 0.25) is 0 Å². The van der Waals surface area contributed by atoms with Gasteiger partial charge in [-0.2, -0.15) is 0 Å². The van der Waals surface area contributed by atoms with Crippen molar-refractivity contribution in [1.82, 2.24) is 0 Å². The molecule has 0 radical (unpaired) electrons. The van der Waals surface area contributed by atoms with E-state index in [1.54, 1.807) is 18.2 Å². The summed E-state index contributed by atoms with van der Waals surface area (Å²) in [5.74, 6) is 1.13. The lowest BCUT2D eigenvalue weighted by atomic mass is 10.3. The van der Waals surface area contributed by atoms with E-state index in [9.17, 15) is 4.79 Å². The predicted molar refractivity (Wildman–Crippen MR) is 51.8 cm³/mol. The number of thiol groups is 1. The van der Waals surface area contributed by atoms with Gasteiger partial charge in [-0.3, -0.25) is 4.79 Å². The van der Waals surface area contributed by atoms with Gasteiger partial charge in [0.05, 0.1) is 7.11 Å². The molecule has 0 atom stereocenters. The summed E-state index contributed by atoms with van der Waals surface area (Å²) in [5, 5.41) is 0. The Balaban J connectivity index is 2.85. The molecule has 1 aromatic rings. The van der Waals surface area contributed by atoms with E-state index < -0.39 is 0 Å². The van der Waals surface area contributed by atoms with E-state index >= 15 is 0 Å². The Hall–Kier alpha value is -1.16. The zero-order valence-corrected chi connectivity index (χ0v) is 8.08. The SMILES string of the molecule is COc1cc(S)ccc1OCC=O. The van der Waals surface area contributed by atoms with Crippen LogP contribution in [0.25, 0.3) is 0 Å². The minimum Gasteiger partial charge on any atom is -0.493 e. The molecule has 0 heterocycles. The molecule has 0 saturated heterocycles. The van der Waals surface area contributed by atoms with Crippen molar-refractivity contribution in [2.45, 2.75) is 4.90 Å². The molecule has 0 aliphatic carbocycles. The quantitative estimate of drug-likeness (QED) is 0.589. The van der Waals surface area contributed by atoms with Gasteiger partial charge in [0.25, 0.3) is 0 Å². The van der Waals surface area contributed by atoms with E-state index in [2.05, 4.69) is 12.6 Å². The fourth-order valence-electron chi connectivity index (χ4n) is 0.899. The summed E-state index contributed by atoms with van der Waals surface area (Å²) in [7, 11) is 1.54. The summed E-state index contributed by atoms with van der Waals surface area (Å²) < 4.78 is 10.1. The molecule has 4 heteroatoms. The third-order valence-corrected chi connectivity index (χ3v) is 1.73. The van der Waals surface area contributed by atoms with Crippen LogP contribution < -0.4 is 9.47 Å². The predicted octanol–water partition coefficient (Wildman–Crippen LogP) is 1.56. The zero-order valence-electron chi connectivity index (χ0n) is 7.19. The second kappa shape index (κ2) is 4.77. The molecule has 0 spiro atoms. The van der Waals surface area contributed by atoms with E-state index in [0.717, 1.165) is 4.90 Å². The van der Waals surface area contributed by atoms with Crippen LogP contribution in [0.3, 0.4) is 0 Å². The van der Waals surface area contributed by atoms with Crippen LogP contribution in [-0.4, -0.2) is 20.0 Å². The maximum Gasteiger partial charge on any atom is 0.161 e. The highest BCUT2D eigenvalue weighted by Gasteiger charge is 2.03. The lowest BCUT2D eigenvalue weighted by Crippen LogP contribution is -1.99. The largest absolute Gasteiger partial charge is 0.493 e. The van der Waals surface area contributed by atoms with Crippen LogP contribution in [0.15, 0.2) is 23.1 Å². The molecule has 1 aromatic carbocycles. The number of hydrogen-bond acceptors (Lipinski definition) is 4. The Labute approximate surface area is 82.1 Å². The molecule has 0 amide bonds. The number of methoxy groups -OCH3 is 1. The van der Waals surface area contributed by atoms with Crippen LogP contribution in [0.4, 0.5) is 0 Å². The third-order valence-electron chi connectivity index (χ3n) is 1.45. The molecule has 70 valence electrons. The molecule has 0 unspecified atom stereocenters. The molecule has 3 nitrogen and oxygen atoms in total. The van der Waals surface area contributed by atoms with Crippen molar-refractivity contribution >= 4 is 18.9 Å². The Morgan fingerprint density at radius 1 is 1.46 bits per heavy atom. The highest BCUT2D eigenvalue weighted by Crippen LogP contribution is 2.28. The van der Waals surface area contributed by atoms with Gasteiger partial charge in [0, 0.05) is 4.90 Å². The third kappa shape index (κ3) is 2.66. The van der Waals surface area contributed by atoms with Crippen LogP contribution in [0.2, 0.25) is 0 Å². The van der Waals surface area contributed by atoms with Gasteiger partial charge in [0.1, 0.15) is 6.61 Å². The van der Waals surface area contributed by atoms with Gasteiger partial charge >= 0.3 is 0 Å². The van der Waals surface area contributed by atoms with Crippen LogP contribution in [0, 0.1) is 0 Å². The van der Waals surface area contributed by atoms with Crippen LogP contribution in [-0.2, 0) is 4.79 Å². The van der Waals surface area contributed by atoms with Gasteiger partial charge in [-0.15, -0.1) is 12.6 Å². The van der Waals surface area contributed by atoms with Crippen molar-refractivity contribution in [2.75, 3.05) is 13.7 Å². The Kier molecular flexibility index (Phi) is 3.64. The Bertz CT molecular complexity index is 299.